The summed E-state index contributed by atoms with van der Waals surface area (Å²) in [5.41, 5.74) is -3.69. The Morgan fingerprint density at radius 1 is 1.06 bits per heavy atom. The number of esters is 1. The molecule has 0 aliphatic carbocycles. The molecular weight excluding hydrogens is 483 g/mol. The van der Waals surface area contributed by atoms with Gasteiger partial charge in [-0.2, -0.15) is 13.2 Å². The predicted molar refractivity (Wildman–Crippen MR) is 122 cm³/mol. The molecule has 1 fully saturated rings. The van der Waals surface area contributed by atoms with E-state index in [4.69, 9.17) is 4.74 Å². The SMILES string of the molecule is CC1C(=O)N(c2ccc(SC(F)(F)F)cc2)C(=O)N1Cc1ccnc(C(=O)Oc2ccccc2)c1. The van der Waals surface area contributed by atoms with Crippen LogP contribution < -0.4 is 9.64 Å². The molecule has 3 amide bonds. The molecule has 1 aliphatic heterocycles. The van der Waals surface area contributed by atoms with Crippen LogP contribution in [0.25, 0.3) is 0 Å². The van der Waals surface area contributed by atoms with Gasteiger partial charge in [-0.1, -0.05) is 18.2 Å². The zero-order valence-electron chi connectivity index (χ0n) is 18.2. The zero-order valence-corrected chi connectivity index (χ0v) is 19.0. The van der Waals surface area contributed by atoms with Crippen LogP contribution in [-0.2, 0) is 11.3 Å². The number of thioether (sulfide) groups is 1. The highest BCUT2D eigenvalue weighted by molar-refractivity contribution is 8.00. The fraction of sp³-hybridized carbons (Fsp3) is 0.167. The number of carbonyl (C=O) groups excluding carboxylic acids is 3. The van der Waals surface area contributed by atoms with Gasteiger partial charge < -0.3 is 9.64 Å². The second kappa shape index (κ2) is 9.79. The fourth-order valence-electron chi connectivity index (χ4n) is 3.48. The molecule has 1 aromatic heterocycles. The molecule has 0 bridgehead atoms. The van der Waals surface area contributed by atoms with Gasteiger partial charge in [0.1, 0.15) is 17.5 Å². The second-order valence-electron chi connectivity index (χ2n) is 7.55. The van der Waals surface area contributed by atoms with E-state index in [0.29, 0.717) is 11.3 Å². The van der Waals surface area contributed by atoms with Gasteiger partial charge >= 0.3 is 17.5 Å². The summed E-state index contributed by atoms with van der Waals surface area (Å²) in [4.78, 5) is 44.5. The third-order valence-corrected chi connectivity index (χ3v) is 5.89. The Morgan fingerprint density at radius 2 is 1.74 bits per heavy atom. The Balaban J connectivity index is 1.48. The van der Waals surface area contributed by atoms with Crippen LogP contribution in [0.5, 0.6) is 5.75 Å². The maximum absolute atomic E-state index is 13.0. The van der Waals surface area contributed by atoms with Crippen molar-refractivity contribution in [2.24, 2.45) is 0 Å². The number of amides is 3. The van der Waals surface area contributed by atoms with Crippen molar-refractivity contribution in [1.82, 2.24) is 9.88 Å². The normalized spacial score (nSPS) is 16.1. The van der Waals surface area contributed by atoms with Gasteiger partial charge in [0.05, 0.1) is 5.69 Å². The summed E-state index contributed by atoms with van der Waals surface area (Å²) in [5, 5.41) is 0. The minimum atomic E-state index is -4.44. The van der Waals surface area contributed by atoms with Crippen LogP contribution in [0, 0.1) is 0 Å². The van der Waals surface area contributed by atoms with Crippen LogP contribution in [0.4, 0.5) is 23.7 Å². The summed E-state index contributed by atoms with van der Waals surface area (Å²) in [6, 6.07) is 15.1. The first-order valence-electron chi connectivity index (χ1n) is 10.3. The standard InChI is InChI=1S/C24H18F3N3O4S/c1-15-21(31)30(17-7-9-19(10-8-17)35-24(25,26)27)23(33)29(15)14-16-11-12-28-20(13-16)22(32)34-18-5-3-2-4-6-18/h2-13,15H,14H2,1H3. The number of ether oxygens (including phenoxy) is 1. The molecule has 35 heavy (non-hydrogen) atoms. The predicted octanol–water partition coefficient (Wildman–Crippen LogP) is 5.27. The van der Waals surface area contributed by atoms with Crippen LogP contribution in [0.3, 0.4) is 0 Å². The monoisotopic (exact) mass is 501 g/mol. The molecule has 0 spiro atoms. The number of pyridine rings is 1. The highest BCUT2D eigenvalue weighted by atomic mass is 32.2. The summed E-state index contributed by atoms with van der Waals surface area (Å²) in [6.07, 6.45) is 1.40. The van der Waals surface area contributed by atoms with E-state index in [9.17, 15) is 27.6 Å². The van der Waals surface area contributed by atoms with Crippen LogP contribution in [0.1, 0.15) is 23.0 Å². The molecule has 2 aromatic carbocycles. The van der Waals surface area contributed by atoms with E-state index in [-0.39, 0.29) is 34.6 Å². The van der Waals surface area contributed by atoms with Gasteiger partial charge in [0, 0.05) is 17.6 Å². The van der Waals surface area contributed by atoms with Crippen LogP contribution >= 0.6 is 11.8 Å². The molecule has 11 heteroatoms. The molecule has 1 atom stereocenters. The maximum Gasteiger partial charge on any atom is 0.446 e. The molecule has 0 radical (unpaired) electrons. The van der Waals surface area contributed by atoms with E-state index in [1.54, 1.807) is 43.3 Å². The van der Waals surface area contributed by atoms with Gasteiger partial charge in [0.2, 0.25) is 0 Å². The number of hydrogen-bond donors (Lipinski definition) is 0. The number of aromatic nitrogens is 1. The largest absolute Gasteiger partial charge is 0.446 e. The van der Waals surface area contributed by atoms with Crippen LogP contribution in [0.15, 0.2) is 77.8 Å². The molecule has 1 saturated heterocycles. The minimum absolute atomic E-state index is 0.0123. The number of halogens is 3. The number of para-hydroxylation sites is 1. The molecule has 180 valence electrons. The van der Waals surface area contributed by atoms with Crippen molar-refractivity contribution in [2.45, 2.75) is 29.9 Å². The number of rotatable bonds is 6. The number of nitrogens with zero attached hydrogens (tertiary/aromatic N) is 3. The van der Waals surface area contributed by atoms with Gasteiger partial charge in [-0.25, -0.2) is 19.5 Å². The first-order valence-corrected chi connectivity index (χ1v) is 11.2. The Labute approximate surface area is 202 Å². The first kappa shape index (κ1) is 24.3. The molecular formula is C24H18F3N3O4S. The van der Waals surface area contributed by atoms with Crippen molar-refractivity contribution >= 4 is 35.4 Å². The fourth-order valence-corrected chi connectivity index (χ4v) is 4.02. The number of alkyl halides is 3. The molecule has 0 N–H and O–H groups in total. The summed E-state index contributed by atoms with van der Waals surface area (Å²) >= 11 is -0.282. The lowest BCUT2D eigenvalue weighted by Crippen LogP contribution is -2.33. The van der Waals surface area contributed by atoms with E-state index in [2.05, 4.69) is 4.98 Å². The van der Waals surface area contributed by atoms with E-state index < -0.39 is 29.5 Å². The van der Waals surface area contributed by atoms with Crippen molar-refractivity contribution in [3.8, 4) is 5.75 Å². The molecule has 3 aromatic rings. The number of benzene rings is 2. The number of hydrogen-bond acceptors (Lipinski definition) is 6. The summed E-state index contributed by atoms with van der Waals surface area (Å²) in [5.74, 6) is -0.828. The topological polar surface area (TPSA) is 79.8 Å². The summed E-state index contributed by atoms with van der Waals surface area (Å²) in [6.45, 7) is 1.57. The smallest absolute Gasteiger partial charge is 0.422 e. The molecule has 0 saturated carbocycles. The minimum Gasteiger partial charge on any atom is -0.422 e. The van der Waals surface area contributed by atoms with Gasteiger partial charge in [0.15, 0.2) is 0 Å². The number of anilines is 1. The number of carbonyl (C=O) groups is 3. The van der Waals surface area contributed by atoms with Crippen molar-refractivity contribution in [1.29, 1.82) is 0 Å². The zero-order chi connectivity index (χ0) is 25.2. The van der Waals surface area contributed by atoms with Gasteiger partial charge in [-0.05, 0) is 72.8 Å². The summed E-state index contributed by atoms with van der Waals surface area (Å²) in [7, 11) is 0. The highest BCUT2D eigenvalue weighted by Crippen LogP contribution is 2.38. The lowest BCUT2D eigenvalue weighted by Gasteiger charge is -2.19. The highest BCUT2D eigenvalue weighted by Gasteiger charge is 2.43. The Hall–Kier alpha value is -3.86. The first-order chi connectivity index (χ1) is 16.6. The number of urea groups is 1. The maximum atomic E-state index is 13.0. The van der Waals surface area contributed by atoms with Gasteiger partial charge in [0.25, 0.3) is 5.91 Å². The average Bonchev–Trinajstić information content (AvgIpc) is 3.03. The summed E-state index contributed by atoms with van der Waals surface area (Å²) < 4.78 is 43.0. The molecule has 2 heterocycles. The Morgan fingerprint density at radius 3 is 2.40 bits per heavy atom. The molecule has 1 aliphatic rings. The lowest BCUT2D eigenvalue weighted by molar-refractivity contribution is -0.119. The van der Waals surface area contributed by atoms with E-state index in [0.717, 1.165) is 4.90 Å². The molecule has 7 nitrogen and oxygen atoms in total. The molecule has 4 rings (SSSR count). The van der Waals surface area contributed by atoms with Crippen LogP contribution in [-0.4, -0.2) is 39.3 Å². The third kappa shape index (κ3) is 5.62. The van der Waals surface area contributed by atoms with Crippen molar-refractivity contribution in [2.75, 3.05) is 4.90 Å². The molecule has 1 unspecified atom stereocenters. The second-order valence-corrected chi connectivity index (χ2v) is 8.69. The Kier molecular flexibility index (Phi) is 6.79. The average molecular weight is 501 g/mol. The van der Waals surface area contributed by atoms with Crippen LogP contribution in [0.2, 0.25) is 0 Å². The lowest BCUT2D eigenvalue weighted by atomic mass is 10.2. The van der Waals surface area contributed by atoms with Crippen molar-refractivity contribution < 1.29 is 32.3 Å². The van der Waals surface area contributed by atoms with E-state index in [1.807, 2.05) is 0 Å². The third-order valence-electron chi connectivity index (χ3n) is 5.15. The van der Waals surface area contributed by atoms with E-state index in [1.165, 1.54) is 41.4 Å². The van der Waals surface area contributed by atoms with Gasteiger partial charge in [-0.3, -0.25) is 4.79 Å². The quantitative estimate of drug-likeness (QED) is 0.198. The number of imide groups is 1. The van der Waals surface area contributed by atoms with Crippen molar-refractivity contribution in [3.63, 3.8) is 0 Å². The van der Waals surface area contributed by atoms with Crippen molar-refractivity contribution in [3.05, 3.63) is 84.2 Å². The van der Waals surface area contributed by atoms with Gasteiger partial charge in [-0.15, -0.1) is 0 Å². The Bertz CT molecular complexity index is 1250. The van der Waals surface area contributed by atoms with E-state index >= 15 is 0 Å².